The molecule has 0 aliphatic carbocycles. The van der Waals surface area contributed by atoms with Crippen LogP contribution in [0.2, 0.25) is 0 Å². The van der Waals surface area contributed by atoms with E-state index in [1.54, 1.807) is 12.1 Å². The van der Waals surface area contributed by atoms with Crippen molar-refractivity contribution in [3.63, 3.8) is 0 Å². The van der Waals surface area contributed by atoms with Gasteiger partial charge in [-0.25, -0.2) is 5.26 Å². The molecule has 0 bridgehead atoms. The van der Waals surface area contributed by atoms with Crippen molar-refractivity contribution in [2.75, 3.05) is 10.2 Å². The Morgan fingerprint density at radius 3 is 2.47 bits per heavy atom. The lowest BCUT2D eigenvalue weighted by Crippen LogP contribution is -2.14. The minimum Gasteiger partial charge on any atom is -0.382 e. The van der Waals surface area contributed by atoms with Gasteiger partial charge in [-0.1, -0.05) is 27.6 Å². The van der Waals surface area contributed by atoms with Gasteiger partial charge in [0.25, 0.3) is 0 Å². The minimum atomic E-state index is -3.52. The highest BCUT2D eigenvalue weighted by molar-refractivity contribution is 14.1. The van der Waals surface area contributed by atoms with E-state index in [9.17, 15) is 8.42 Å². The van der Waals surface area contributed by atoms with Crippen molar-refractivity contribution in [1.82, 2.24) is 0 Å². The van der Waals surface area contributed by atoms with E-state index in [4.69, 9.17) is 9.44 Å². The van der Waals surface area contributed by atoms with Gasteiger partial charge in [0.15, 0.2) is 0 Å². The van der Waals surface area contributed by atoms with Crippen molar-refractivity contribution in [1.29, 1.82) is 0 Å². The number of benzene rings is 1. The maximum absolute atomic E-state index is 11.3. The Labute approximate surface area is 117 Å². The molecule has 0 fully saturated rings. The number of hydrogen-bond donors (Lipinski definition) is 1. The fourth-order valence-electron chi connectivity index (χ4n) is 0.888. The van der Waals surface area contributed by atoms with Crippen LogP contribution >= 0.6 is 34.6 Å². The van der Waals surface area contributed by atoms with E-state index in [2.05, 4.69) is 9.37 Å². The molecule has 17 heavy (non-hydrogen) atoms. The summed E-state index contributed by atoms with van der Waals surface area (Å²) in [5.74, 6) is 0.190. The smallest absolute Gasteiger partial charge is 0.309 e. The molecule has 0 aliphatic heterocycles. The van der Waals surface area contributed by atoms with Crippen LogP contribution in [0.5, 0.6) is 5.75 Å². The van der Waals surface area contributed by atoms with E-state index >= 15 is 0 Å². The van der Waals surface area contributed by atoms with Crippen LogP contribution in [-0.2, 0) is 19.5 Å². The molecule has 1 rings (SSSR count). The Balaban J connectivity index is 2.62. The van der Waals surface area contributed by atoms with Crippen LogP contribution < -0.4 is 4.18 Å². The SMILES string of the molecule is O=S(=O)(CCI)Oc1ccc(SOOO)cc1. The molecule has 9 heteroatoms. The molecule has 0 aliphatic rings. The van der Waals surface area contributed by atoms with Crippen LogP contribution in [0.4, 0.5) is 0 Å². The first kappa shape index (κ1) is 15.0. The number of rotatable bonds is 7. The van der Waals surface area contributed by atoms with Crippen LogP contribution in [0, 0.1) is 0 Å². The molecule has 0 amide bonds. The molecule has 0 unspecified atom stereocenters. The van der Waals surface area contributed by atoms with Gasteiger partial charge in [-0.2, -0.15) is 8.42 Å². The molecule has 6 nitrogen and oxygen atoms in total. The summed E-state index contributed by atoms with van der Waals surface area (Å²) in [5.41, 5.74) is 0. The molecule has 0 saturated heterocycles. The second kappa shape index (κ2) is 7.38. The zero-order valence-corrected chi connectivity index (χ0v) is 12.2. The zero-order valence-electron chi connectivity index (χ0n) is 8.41. The molecule has 0 radical (unpaired) electrons. The summed E-state index contributed by atoms with van der Waals surface area (Å²) >= 11 is 2.74. The lowest BCUT2D eigenvalue weighted by molar-refractivity contribution is -0.432. The molecule has 0 atom stereocenters. The normalized spacial score (nSPS) is 11.4. The molecule has 0 heterocycles. The monoisotopic (exact) mass is 392 g/mol. The van der Waals surface area contributed by atoms with Gasteiger partial charge in [-0.3, -0.25) is 0 Å². The van der Waals surface area contributed by atoms with Crippen LogP contribution in [0.25, 0.3) is 0 Å². The fraction of sp³-hybridized carbons (Fsp3) is 0.250. The van der Waals surface area contributed by atoms with Crippen molar-refractivity contribution in [2.45, 2.75) is 4.90 Å². The molecule has 1 aromatic carbocycles. The summed E-state index contributed by atoms with van der Waals surface area (Å²) in [7, 11) is -3.52. The van der Waals surface area contributed by atoms with Gasteiger partial charge in [0.05, 0.1) is 17.8 Å². The van der Waals surface area contributed by atoms with Crippen molar-refractivity contribution in [2.24, 2.45) is 0 Å². The summed E-state index contributed by atoms with van der Waals surface area (Å²) in [4.78, 5) is 0.623. The number of halogens is 1. The standard InChI is InChI=1S/C8H9IO6S2/c9-5-6-17(11,12)13-7-1-3-8(4-2-7)16-15-14-10/h1-4,10H,5-6H2. The summed E-state index contributed by atoms with van der Waals surface area (Å²) in [5, 5.41) is 11.4. The van der Waals surface area contributed by atoms with Crippen LogP contribution in [0.15, 0.2) is 29.2 Å². The van der Waals surface area contributed by atoms with Gasteiger partial charge in [-0.15, -0.1) is 4.33 Å². The third kappa shape index (κ3) is 5.88. The topological polar surface area (TPSA) is 82.1 Å². The molecule has 1 N–H and O–H groups in total. The minimum absolute atomic E-state index is 0.0362. The highest BCUT2D eigenvalue weighted by Crippen LogP contribution is 2.22. The zero-order chi connectivity index (χ0) is 12.7. The van der Waals surface area contributed by atoms with Gasteiger partial charge in [0.2, 0.25) is 0 Å². The molecular formula is C8H9IO6S2. The molecule has 1 aromatic rings. The number of hydrogen-bond acceptors (Lipinski definition) is 7. The van der Waals surface area contributed by atoms with Crippen molar-refractivity contribution < 1.29 is 27.2 Å². The lowest BCUT2D eigenvalue weighted by atomic mass is 10.3. The van der Waals surface area contributed by atoms with Crippen molar-refractivity contribution in [3.8, 4) is 5.75 Å². The summed E-state index contributed by atoms with van der Waals surface area (Å²) < 4.78 is 32.2. The summed E-state index contributed by atoms with van der Waals surface area (Å²) in [6.45, 7) is 0. The fourth-order valence-corrected chi connectivity index (χ4v) is 3.54. The highest BCUT2D eigenvalue weighted by Gasteiger charge is 2.11. The van der Waals surface area contributed by atoms with E-state index in [1.807, 2.05) is 22.6 Å². The van der Waals surface area contributed by atoms with Gasteiger partial charge in [-0.05, 0) is 24.3 Å². The van der Waals surface area contributed by atoms with Gasteiger partial charge < -0.3 is 4.18 Å². The Kier molecular flexibility index (Phi) is 6.51. The maximum atomic E-state index is 11.3. The van der Waals surface area contributed by atoms with E-state index in [0.29, 0.717) is 9.32 Å². The average Bonchev–Trinajstić information content (AvgIpc) is 2.27. The molecule has 0 saturated carbocycles. The third-order valence-electron chi connectivity index (χ3n) is 1.53. The van der Waals surface area contributed by atoms with Crippen molar-refractivity contribution >= 4 is 44.8 Å². The van der Waals surface area contributed by atoms with E-state index in [1.165, 1.54) is 12.1 Å². The molecule has 0 aromatic heterocycles. The molecule has 96 valence electrons. The Hall–Kier alpha value is -0.0700. The number of alkyl halides is 1. The Morgan fingerprint density at radius 2 is 1.94 bits per heavy atom. The van der Waals surface area contributed by atoms with E-state index in [0.717, 1.165) is 12.0 Å². The summed E-state index contributed by atoms with van der Waals surface area (Å²) in [6, 6.07) is 6.10. The van der Waals surface area contributed by atoms with E-state index in [-0.39, 0.29) is 11.5 Å². The Bertz CT molecular complexity index is 432. The lowest BCUT2D eigenvalue weighted by Gasteiger charge is -2.05. The predicted octanol–water partition coefficient (Wildman–Crippen LogP) is 2.26. The molecular weight excluding hydrogens is 383 g/mol. The maximum Gasteiger partial charge on any atom is 0.309 e. The van der Waals surface area contributed by atoms with Crippen molar-refractivity contribution in [3.05, 3.63) is 24.3 Å². The summed E-state index contributed by atoms with van der Waals surface area (Å²) in [6.07, 6.45) is 0. The van der Waals surface area contributed by atoms with Crippen LogP contribution in [0.1, 0.15) is 0 Å². The first-order valence-corrected chi connectivity index (χ1v) is 8.15. The largest absolute Gasteiger partial charge is 0.382 e. The third-order valence-corrected chi connectivity index (χ3v) is 4.55. The predicted molar refractivity (Wildman–Crippen MR) is 70.4 cm³/mol. The highest BCUT2D eigenvalue weighted by atomic mass is 127. The first-order valence-electron chi connectivity index (χ1n) is 4.30. The average molecular weight is 392 g/mol. The molecule has 0 spiro atoms. The van der Waals surface area contributed by atoms with Gasteiger partial charge in [0.1, 0.15) is 5.75 Å². The van der Waals surface area contributed by atoms with E-state index < -0.39 is 10.1 Å². The Morgan fingerprint density at radius 1 is 1.29 bits per heavy atom. The first-order chi connectivity index (χ1) is 8.07. The van der Waals surface area contributed by atoms with Gasteiger partial charge in [0, 0.05) is 9.32 Å². The van der Waals surface area contributed by atoms with Gasteiger partial charge >= 0.3 is 10.1 Å². The quantitative estimate of drug-likeness (QED) is 0.190. The van der Waals surface area contributed by atoms with Crippen LogP contribution in [-0.4, -0.2) is 23.9 Å². The van der Waals surface area contributed by atoms with Crippen LogP contribution in [0.3, 0.4) is 0 Å². The second-order valence-electron chi connectivity index (χ2n) is 2.73. The second-order valence-corrected chi connectivity index (χ2v) is 6.27.